The number of rotatable bonds is 3. The van der Waals surface area contributed by atoms with Gasteiger partial charge in [0.05, 0.1) is 0 Å². The molecule has 0 spiro atoms. The van der Waals surface area contributed by atoms with Gasteiger partial charge in [-0.3, -0.25) is 0 Å². The number of nitrogens with one attached hydrogen (secondary N) is 2. The van der Waals surface area contributed by atoms with E-state index in [1.54, 1.807) is 0 Å². The van der Waals surface area contributed by atoms with Crippen molar-refractivity contribution in [3.63, 3.8) is 0 Å². The molecule has 0 radical (unpaired) electrons. The topological polar surface area (TPSA) is 50.1 Å². The van der Waals surface area contributed by atoms with Crippen LogP contribution in [0.5, 0.6) is 0 Å². The van der Waals surface area contributed by atoms with Gasteiger partial charge in [0.2, 0.25) is 0 Å². The Hall–Kier alpha value is -1.13. The predicted octanol–water partition coefficient (Wildman–Crippen LogP) is 1.40. The number of nitrogens with two attached hydrogens (primary N) is 1. The molecule has 1 aromatic rings. The summed E-state index contributed by atoms with van der Waals surface area (Å²) in [7, 11) is 0. The van der Waals surface area contributed by atoms with Crippen LogP contribution in [-0.4, -0.2) is 5.11 Å². The number of aryl methyl sites for hydroxylation is 2. The molecule has 0 saturated carbocycles. The van der Waals surface area contributed by atoms with Crippen LogP contribution in [0.2, 0.25) is 0 Å². The molecule has 3 nitrogen and oxygen atoms in total. The van der Waals surface area contributed by atoms with Crippen molar-refractivity contribution in [3.8, 4) is 0 Å². The summed E-state index contributed by atoms with van der Waals surface area (Å²) in [6.45, 7) is 4.98. The molecule has 0 unspecified atom stereocenters. The van der Waals surface area contributed by atoms with E-state index in [0.717, 1.165) is 13.0 Å². The summed E-state index contributed by atoms with van der Waals surface area (Å²) in [5, 5.41) is 3.53. The predicted molar refractivity (Wildman–Crippen MR) is 67.3 cm³/mol. The third kappa shape index (κ3) is 3.18. The molecule has 0 aliphatic carbocycles. The first-order valence-electron chi connectivity index (χ1n) is 5.00. The molecule has 0 bridgehead atoms. The lowest BCUT2D eigenvalue weighted by atomic mass is 10.0. The summed E-state index contributed by atoms with van der Waals surface area (Å²) >= 11 is 4.93. The first-order valence-corrected chi connectivity index (χ1v) is 5.41. The second-order valence-electron chi connectivity index (χ2n) is 3.39. The monoisotopic (exact) mass is 223 g/mol. The molecule has 1 aromatic carbocycles. The highest BCUT2D eigenvalue weighted by Gasteiger charge is 2.03. The van der Waals surface area contributed by atoms with E-state index in [4.69, 9.17) is 18.1 Å². The Morgan fingerprint density at radius 2 is 2.20 bits per heavy atom. The van der Waals surface area contributed by atoms with Crippen molar-refractivity contribution >= 4 is 17.3 Å². The van der Waals surface area contributed by atoms with Crippen molar-refractivity contribution in [2.75, 3.05) is 0 Å². The Labute approximate surface area is 96.0 Å². The quantitative estimate of drug-likeness (QED) is 0.412. The highest BCUT2D eigenvalue weighted by atomic mass is 32.1. The van der Waals surface area contributed by atoms with Crippen LogP contribution in [0, 0.1) is 6.92 Å². The van der Waals surface area contributed by atoms with Crippen molar-refractivity contribution in [1.82, 2.24) is 10.7 Å². The minimum atomic E-state index is 0.473. The van der Waals surface area contributed by atoms with Gasteiger partial charge in [-0.15, -0.1) is 0 Å². The zero-order valence-corrected chi connectivity index (χ0v) is 9.95. The van der Waals surface area contributed by atoms with E-state index in [2.05, 4.69) is 42.8 Å². The largest absolute Gasteiger partial charge is 0.358 e. The van der Waals surface area contributed by atoms with Crippen molar-refractivity contribution in [2.24, 2.45) is 5.84 Å². The van der Waals surface area contributed by atoms with Gasteiger partial charge in [-0.2, -0.15) is 0 Å². The minimum absolute atomic E-state index is 0.473. The lowest BCUT2D eigenvalue weighted by Gasteiger charge is -2.13. The van der Waals surface area contributed by atoms with Crippen LogP contribution in [0.4, 0.5) is 0 Å². The summed E-state index contributed by atoms with van der Waals surface area (Å²) in [5.41, 5.74) is 6.34. The van der Waals surface area contributed by atoms with Gasteiger partial charge in [0.1, 0.15) is 0 Å². The fraction of sp³-hybridized carbons (Fsp3) is 0.364. The normalized spacial score (nSPS) is 9.80. The van der Waals surface area contributed by atoms with Crippen LogP contribution in [0.25, 0.3) is 0 Å². The molecule has 0 fully saturated rings. The molecule has 0 aromatic heterocycles. The van der Waals surface area contributed by atoms with Gasteiger partial charge < -0.3 is 10.7 Å². The first-order chi connectivity index (χ1) is 7.19. The van der Waals surface area contributed by atoms with E-state index in [1.165, 1.54) is 16.7 Å². The van der Waals surface area contributed by atoms with Gasteiger partial charge in [-0.1, -0.05) is 25.1 Å². The highest BCUT2D eigenvalue weighted by Crippen LogP contribution is 2.14. The lowest BCUT2D eigenvalue weighted by Crippen LogP contribution is -2.39. The van der Waals surface area contributed by atoms with E-state index in [9.17, 15) is 0 Å². The molecule has 0 aliphatic rings. The molecule has 4 N–H and O–H groups in total. The van der Waals surface area contributed by atoms with Gasteiger partial charge in [0.25, 0.3) is 0 Å². The summed E-state index contributed by atoms with van der Waals surface area (Å²) in [6.07, 6.45) is 1.03. The smallest absolute Gasteiger partial charge is 0.180 e. The molecule has 82 valence electrons. The third-order valence-electron chi connectivity index (χ3n) is 2.44. The number of thiocarbonyl (C=S) groups is 1. The van der Waals surface area contributed by atoms with E-state index in [-0.39, 0.29) is 0 Å². The van der Waals surface area contributed by atoms with Crippen molar-refractivity contribution in [3.05, 3.63) is 34.9 Å². The second-order valence-corrected chi connectivity index (χ2v) is 3.80. The molecular formula is C11H17N3S. The molecule has 0 saturated heterocycles. The molecular weight excluding hydrogens is 206 g/mol. The number of hydrazine groups is 1. The van der Waals surface area contributed by atoms with Gasteiger partial charge >= 0.3 is 0 Å². The van der Waals surface area contributed by atoms with E-state index < -0.39 is 0 Å². The van der Waals surface area contributed by atoms with Crippen LogP contribution in [0.3, 0.4) is 0 Å². The molecule has 0 atom stereocenters. The molecule has 1 rings (SSSR count). The van der Waals surface area contributed by atoms with Crippen molar-refractivity contribution in [2.45, 2.75) is 26.8 Å². The average Bonchev–Trinajstić information content (AvgIpc) is 2.26. The second kappa shape index (κ2) is 5.68. The Morgan fingerprint density at radius 1 is 1.47 bits per heavy atom. The van der Waals surface area contributed by atoms with Crippen LogP contribution in [-0.2, 0) is 13.0 Å². The molecule has 0 heterocycles. The Kier molecular flexibility index (Phi) is 4.52. The summed E-state index contributed by atoms with van der Waals surface area (Å²) < 4.78 is 0. The van der Waals surface area contributed by atoms with Gasteiger partial charge in [-0.25, -0.2) is 5.84 Å². The maximum atomic E-state index is 5.19. The fourth-order valence-electron chi connectivity index (χ4n) is 1.57. The number of hydrogen-bond donors (Lipinski definition) is 3. The molecule has 0 aliphatic heterocycles. The van der Waals surface area contributed by atoms with Crippen molar-refractivity contribution in [1.29, 1.82) is 0 Å². The highest BCUT2D eigenvalue weighted by molar-refractivity contribution is 7.80. The summed E-state index contributed by atoms with van der Waals surface area (Å²) in [4.78, 5) is 0. The number of hydrogen-bond acceptors (Lipinski definition) is 2. The summed E-state index contributed by atoms with van der Waals surface area (Å²) in [6, 6.07) is 6.33. The molecule has 4 heteroatoms. The molecule has 0 amide bonds. The van der Waals surface area contributed by atoms with E-state index >= 15 is 0 Å². The van der Waals surface area contributed by atoms with Crippen LogP contribution in [0.15, 0.2) is 18.2 Å². The average molecular weight is 223 g/mol. The minimum Gasteiger partial charge on any atom is -0.358 e. The first kappa shape index (κ1) is 11.9. The van der Waals surface area contributed by atoms with Gasteiger partial charge in [0.15, 0.2) is 5.11 Å². The van der Waals surface area contributed by atoms with E-state index in [1.807, 2.05) is 0 Å². The van der Waals surface area contributed by atoms with Crippen LogP contribution in [0.1, 0.15) is 23.6 Å². The Balaban J connectivity index is 2.78. The van der Waals surface area contributed by atoms with Crippen LogP contribution >= 0.6 is 12.2 Å². The standard InChI is InChI=1S/C11H17N3S/c1-3-9-6-4-5-8(2)10(9)7-13-11(15)14-12/h4-6H,3,7,12H2,1-2H3,(H2,13,14,15). The zero-order valence-electron chi connectivity index (χ0n) is 9.13. The van der Waals surface area contributed by atoms with Crippen LogP contribution < -0.4 is 16.6 Å². The number of benzene rings is 1. The fourth-order valence-corrected chi connectivity index (χ4v) is 1.64. The van der Waals surface area contributed by atoms with E-state index in [0.29, 0.717) is 5.11 Å². The molecule has 15 heavy (non-hydrogen) atoms. The SMILES string of the molecule is CCc1cccc(C)c1CNC(=S)NN. The zero-order chi connectivity index (χ0) is 11.3. The Morgan fingerprint density at radius 3 is 2.80 bits per heavy atom. The lowest BCUT2D eigenvalue weighted by molar-refractivity contribution is 0.846. The third-order valence-corrected chi connectivity index (χ3v) is 2.71. The maximum Gasteiger partial charge on any atom is 0.180 e. The van der Waals surface area contributed by atoms with Crippen molar-refractivity contribution < 1.29 is 0 Å². The maximum absolute atomic E-state index is 5.19. The Bertz CT molecular complexity index is 350. The van der Waals surface area contributed by atoms with Gasteiger partial charge in [-0.05, 0) is 42.3 Å². The van der Waals surface area contributed by atoms with Gasteiger partial charge in [0, 0.05) is 6.54 Å². The summed E-state index contributed by atoms with van der Waals surface area (Å²) in [5.74, 6) is 5.19.